The van der Waals surface area contributed by atoms with Crippen LogP contribution in [-0.4, -0.2) is 32.5 Å². The second kappa shape index (κ2) is 9.16. The van der Waals surface area contributed by atoms with Crippen molar-refractivity contribution in [3.05, 3.63) is 53.6 Å². The predicted octanol–water partition coefficient (Wildman–Crippen LogP) is 3.29. The summed E-state index contributed by atoms with van der Waals surface area (Å²) in [5, 5.41) is 5.97. The molecule has 0 fully saturated rings. The summed E-state index contributed by atoms with van der Waals surface area (Å²) in [6.07, 6.45) is 2.32. The van der Waals surface area contributed by atoms with E-state index in [1.54, 1.807) is 7.11 Å². The molecule has 0 bridgehead atoms. The van der Waals surface area contributed by atoms with Crippen LogP contribution in [0.4, 0.5) is 4.79 Å². The molecule has 0 saturated heterocycles. The van der Waals surface area contributed by atoms with Crippen LogP contribution in [0.2, 0.25) is 0 Å². The Kier molecular flexibility index (Phi) is 6.41. The Hall–Kier alpha value is -2.89. The van der Waals surface area contributed by atoms with Crippen LogP contribution in [-0.2, 0) is 12.8 Å². The van der Waals surface area contributed by atoms with Gasteiger partial charge in [0.1, 0.15) is 5.75 Å². The summed E-state index contributed by atoms with van der Waals surface area (Å²) in [4.78, 5) is 12.2. The highest BCUT2D eigenvalue weighted by atomic mass is 16.7. The van der Waals surface area contributed by atoms with Crippen LogP contribution in [0, 0.1) is 0 Å². The van der Waals surface area contributed by atoms with E-state index in [1.807, 2.05) is 49.4 Å². The molecule has 2 aromatic rings. The maximum Gasteiger partial charge on any atom is 0.315 e. The molecule has 0 spiro atoms. The fourth-order valence-electron chi connectivity index (χ4n) is 3.05. The van der Waals surface area contributed by atoms with Gasteiger partial charge in [0, 0.05) is 12.6 Å². The lowest BCUT2D eigenvalue weighted by Crippen LogP contribution is -2.44. The Balaban J connectivity index is 1.70. The second-order valence-electron chi connectivity index (χ2n) is 6.54. The number of nitrogens with one attached hydrogen (secondary N) is 2. The number of ether oxygens (including phenoxy) is 3. The number of carbonyl (C=O) groups is 1. The summed E-state index contributed by atoms with van der Waals surface area (Å²) in [7, 11) is 1.65. The smallest absolute Gasteiger partial charge is 0.315 e. The van der Waals surface area contributed by atoms with Crippen molar-refractivity contribution in [1.82, 2.24) is 10.6 Å². The van der Waals surface area contributed by atoms with E-state index in [4.69, 9.17) is 14.2 Å². The first kappa shape index (κ1) is 18.9. The molecule has 1 aliphatic heterocycles. The zero-order valence-corrected chi connectivity index (χ0v) is 15.8. The molecule has 27 heavy (non-hydrogen) atoms. The number of hydrogen-bond acceptors (Lipinski definition) is 4. The number of hydrogen-bond donors (Lipinski definition) is 2. The summed E-state index contributed by atoms with van der Waals surface area (Å²) in [6.45, 7) is 2.94. The average molecular weight is 370 g/mol. The first-order valence-electron chi connectivity index (χ1n) is 9.23. The Bertz CT molecular complexity index is 761. The van der Waals surface area contributed by atoms with Gasteiger partial charge in [-0.25, -0.2) is 4.79 Å². The van der Waals surface area contributed by atoms with Crippen LogP contribution in [0.1, 0.15) is 24.5 Å². The molecule has 0 saturated carbocycles. The first-order valence-corrected chi connectivity index (χ1v) is 9.23. The predicted molar refractivity (Wildman–Crippen MR) is 104 cm³/mol. The van der Waals surface area contributed by atoms with Gasteiger partial charge in [0.25, 0.3) is 0 Å². The molecule has 1 aliphatic rings. The maximum absolute atomic E-state index is 12.2. The SMILES string of the molecule is CCCNC(=O)N[C@@H](Cc1ccc(OC)cc1)Cc1ccc2c(c1)OCO2. The molecule has 0 radical (unpaired) electrons. The molecular formula is C21H26N2O4. The summed E-state index contributed by atoms with van der Waals surface area (Å²) >= 11 is 0. The molecule has 0 unspecified atom stereocenters. The highest BCUT2D eigenvalue weighted by Gasteiger charge is 2.17. The first-order chi connectivity index (χ1) is 13.2. The van der Waals surface area contributed by atoms with E-state index in [1.165, 1.54) is 0 Å². The number of amides is 2. The summed E-state index contributed by atoms with van der Waals surface area (Å²) in [5.41, 5.74) is 2.23. The van der Waals surface area contributed by atoms with Gasteiger partial charge in [-0.3, -0.25) is 0 Å². The standard InChI is InChI=1S/C21H26N2O4/c1-3-10-22-21(24)23-17(11-15-4-7-18(25-2)8-5-15)12-16-6-9-19-20(13-16)27-14-26-19/h4-9,13,17H,3,10-12,14H2,1-2H3,(H2,22,23,24)/t17-/m0/s1. The van der Waals surface area contributed by atoms with Gasteiger partial charge < -0.3 is 24.8 Å². The number of carbonyl (C=O) groups excluding carboxylic acids is 1. The van der Waals surface area contributed by atoms with E-state index >= 15 is 0 Å². The third kappa shape index (κ3) is 5.29. The number of urea groups is 1. The molecule has 3 rings (SSSR count). The summed E-state index contributed by atoms with van der Waals surface area (Å²) in [5.74, 6) is 2.34. The highest BCUT2D eigenvalue weighted by Crippen LogP contribution is 2.32. The zero-order chi connectivity index (χ0) is 19.1. The number of benzene rings is 2. The minimum atomic E-state index is -0.142. The number of fused-ring (bicyclic) bond motifs is 1. The fourth-order valence-corrected chi connectivity index (χ4v) is 3.05. The van der Waals surface area contributed by atoms with E-state index < -0.39 is 0 Å². The van der Waals surface area contributed by atoms with E-state index in [0.717, 1.165) is 41.2 Å². The Morgan fingerprint density at radius 3 is 2.52 bits per heavy atom. The second-order valence-corrected chi connectivity index (χ2v) is 6.54. The third-order valence-electron chi connectivity index (χ3n) is 4.43. The molecule has 0 aromatic heterocycles. The van der Waals surface area contributed by atoms with Gasteiger partial charge in [-0.15, -0.1) is 0 Å². The van der Waals surface area contributed by atoms with E-state index in [2.05, 4.69) is 10.6 Å². The molecular weight excluding hydrogens is 344 g/mol. The van der Waals surface area contributed by atoms with Gasteiger partial charge in [-0.2, -0.15) is 0 Å². The number of methoxy groups -OCH3 is 1. The van der Waals surface area contributed by atoms with Crippen molar-refractivity contribution in [2.75, 3.05) is 20.4 Å². The Morgan fingerprint density at radius 2 is 1.78 bits per heavy atom. The minimum absolute atomic E-state index is 0.0457. The van der Waals surface area contributed by atoms with Crippen LogP contribution in [0.25, 0.3) is 0 Å². The van der Waals surface area contributed by atoms with Crippen molar-refractivity contribution in [1.29, 1.82) is 0 Å². The molecule has 144 valence electrons. The Morgan fingerprint density at radius 1 is 1.07 bits per heavy atom. The van der Waals surface area contributed by atoms with Gasteiger partial charge in [-0.05, 0) is 54.7 Å². The van der Waals surface area contributed by atoms with E-state index in [9.17, 15) is 4.79 Å². The van der Waals surface area contributed by atoms with Crippen molar-refractivity contribution >= 4 is 6.03 Å². The average Bonchev–Trinajstić information content (AvgIpc) is 3.14. The van der Waals surface area contributed by atoms with Crippen molar-refractivity contribution in [3.63, 3.8) is 0 Å². The van der Waals surface area contributed by atoms with Crippen LogP contribution in [0.15, 0.2) is 42.5 Å². The van der Waals surface area contributed by atoms with Gasteiger partial charge in [0.15, 0.2) is 11.5 Å². The quantitative estimate of drug-likeness (QED) is 0.748. The topological polar surface area (TPSA) is 68.8 Å². The van der Waals surface area contributed by atoms with Crippen molar-refractivity contribution in [3.8, 4) is 17.2 Å². The Labute approximate surface area is 159 Å². The number of rotatable bonds is 8. The minimum Gasteiger partial charge on any atom is -0.497 e. The van der Waals surface area contributed by atoms with E-state index in [0.29, 0.717) is 13.0 Å². The largest absolute Gasteiger partial charge is 0.497 e. The zero-order valence-electron chi connectivity index (χ0n) is 15.8. The maximum atomic E-state index is 12.2. The summed E-state index contributed by atoms with van der Waals surface area (Å²) < 4.78 is 16.0. The summed E-state index contributed by atoms with van der Waals surface area (Å²) in [6, 6.07) is 13.6. The van der Waals surface area contributed by atoms with E-state index in [-0.39, 0.29) is 18.9 Å². The third-order valence-corrected chi connectivity index (χ3v) is 4.43. The lowest BCUT2D eigenvalue weighted by molar-refractivity contribution is 0.174. The van der Waals surface area contributed by atoms with Gasteiger partial charge >= 0.3 is 6.03 Å². The van der Waals surface area contributed by atoms with Crippen molar-refractivity contribution in [2.45, 2.75) is 32.2 Å². The van der Waals surface area contributed by atoms with Crippen LogP contribution < -0.4 is 24.8 Å². The monoisotopic (exact) mass is 370 g/mol. The van der Waals surface area contributed by atoms with Crippen LogP contribution in [0.5, 0.6) is 17.2 Å². The van der Waals surface area contributed by atoms with Gasteiger partial charge in [0.05, 0.1) is 7.11 Å². The molecule has 1 atom stereocenters. The molecule has 6 nitrogen and oxygen atoms in total. The lowest BCUT2D eigenvalue weighted by atomic mass is 9.98. The van der Waals surface area contributed by atoms with Crippen LogP contribution in [0.3, 0.4) is 0 Å². The molecule has 6 heteroatoms. The van der Waals surface area contributed by atoms with Crippen LogP contribution >= 0.6 is 0 Å². The normalized spacial score (nSPS) is 13.1. The molecule has 1 heterocycles. The molecule has 2 N–H and O–H groups in total. The van der Waals surface area contributed by atoms with Gasteiger partial charge in [-0.1, -0.05) is 25.1 Å². The molecule has 0 aliphatic carbocycles. The fraction of sp³-hybridized carbons (Fsp3) is 0.381. The van der Waals surface area contributed by atoms with Gasteiger partial charge in [0.2, 0.25) is 6.79 Å². The van der Waals surface area contributed by atoms with Crippen molar-refractivity contribution in [2.24, 2.45) is 0 Å². The molecule has 2 aromatic carbocycles. The highest BCUT2D eigenvalue weighted by molar-refractivity contribution is 5.74. The molecule has 2 amide bonds. The van der Waals surface area contributed by atoms with Crippen molar-refractivity contribution < 1.29 is 19.0 Å². The lowest BCUT2D eigenvalue weighted by Gasteiger charge is -2.20.